The van der Waals surface area contributed by atoms with Crippen LogP contribution >= 0.6 is 11.3 Å². The molecule has 3 heterocycles. The number of ether oxygens (including phenoxy) is 1. The van der Waals surface area contributed by atoms with Gasteiger partial charge in [-0.05, 0) is 13.1 Å². The van der Waals surface area contributed by atoms with Crippen LogP contribution in [0.2, 0.25) is 0 Å². The number of aromatic nitrogens is 3. The van der Waals surface area contributed by atoms with Gasteiger partial charge in [0.05, 0.1) is 12.8 Å². The number of nitrogens with zero attached hydrogens (tertiary/aromatic N) is 3. The molecule has 0 aliphatic heterocycles. The number of nitrogens with one attached hydrogen (secondary N) is 1. The summed E-state index contributed by atoms with van der Waals surface area (Å²) < 4.78 is 7.38. The van der Waals surface area contributed by atoms with Crippen LogP contribution < -0.4 is 10.1 Å². The molecule has 6 heteroatoms. The summed E-state index contributed by atoms with van der Waals surface area (Å²) in [7, 11) is 3.58. The van der Waals surface area contributed by atoms with E-state index in [1.165, 1.54) is 0 Å². The maximum Gasteiger partial charge on any atom is 0.217 e. The van der Waals surface area contributed by atoms with Crippen molar-refractivity contribution in [2.75, 3.05) is 14.2 Å². The fourth-order valence-corrected chi connectivity index (χ4v) is 3.01. The van der Waals surface area contributed by atoms with Crippen LogP contribution in [0.4, 0.5) is 0 Å². The molecule has 0 spiro atoms. The number of imidazole rings is 1. The third kappa shape index (κ3) is 2.39. The smallest absolute Gasteiger partial charge is 0.217 e. The molecule has 20 heavy (non-hydrogen) atoms. The number of hydrogen-bond donors (Lipinski definition) is 1. The predicted octanol–water partition coefficient (Wildman–Crippen LogP) is 2.30. The topological polar surface area (TPSA) is 51.5 Å². The first-order valence-corrected chi connectivity index (χ1v) is 7.27. The normalized spacial score (nSPS) is 12.7. The Morgan fingerprint density at radius 2 is 2.40 bits per heavy atom. The molecule has 0 amide bonds. The second kappa shape index (κ2) is 5.60. The van der Waals surface area contributed by atoms with Crippen molar-refractivity contribution in [3.05, 3.63) is 47.4 Å². The highest BCUT2D eigenvalue weighted by Gasteiger charge is 2.17. The number of methoxy groups -OCH3 is 1. The van der Waals surface area contributed by atoms with Crippen LogP contribution in [-0.2, 0) is 6.42 Å². The zero-order valence-corrected chi connectivity index (χ0v) is 12.2. The lowest BCUT2D eigenvalue weighted by molar-refractivity contribution is 0.384. The van der Waals surface area contributed by atoms with Crippen LogP contribution in [0.1, 0.15) is 17.3 Å². The van der Waals surface area contributed by atoms with Crippen LogP contribution in [0, 0.1) is 0 Å². The van der Waals surface area contributed by atoms with Crippen LogP contribution in [-0.4, -0.2) is 28.5 Å². The maximum atomic E-state index is 5.34. The number of fused-ring (bicyclic) bond motifs is 1. The molecule has 104 valence electrons. The summed E-state index contributed by atoms with van der Waals surface area (Å²) in [5, 5.41) is 5.35. The molecule has 1 atom stereocenters. The van der Waals surface area contributed by atoms with Crippen molar-refractivity contribution in [3.63, 3.8) is 0 Å². The first-order valence-electron chi connectivity index (χ1n) is 6.39. The largest absolute Gasteiger partial charge is 0.481 e. The van der Waals surface area contributed by atoms with Gasteiger partial charge in [-0.2, -0.15) is 0 Å². The van der Waals surface area contributed by atoms with E-state index in [1.54, 1.807) is 24.6 Å². The molecule has 1 unspecified atom stereocenters. The average Bonchev–Trinajstić information content (AvgIpc) is 3.05. The van der Waals surface area contributed by atoms with Gasteiger partial charge in [0.15, 0.2) is 4.96 Å². The summed E-state index contributed by atoms with van der Waals surface area (Å²) in [5.74, 6) is 0.660. The Balaban J connectivity index is 1.88. The van der Waals surface area contributed by atoms with Gasteiger partial charge in [-0.3, -0.25) is 4.40 Å². The summed E-state index contributed by atoms with van der Waals surface area (Å²) in [4.78, 5) is 9.90. The molecular weight excluding hydrogens is 272 g/mol. The van der Waals surface area contributed by atoms with E-state index in [-0.39, 0.29) is 6.04 Å². The number of likely N-dealkylation sites (N-methyl/N-ethyl adjacent to an activating group) is 1. The van der Waals surface area contributed by atoms with Gasteiger partial charge in [0.25, 0.3) is 0 Å². The number of pyridine rings is 1. The van der Waals surface area contributed by atoms with E-state index in [1.807, 2.05) is 35.2 Å². The van der Waals surface area contributed by atoms with Gasteiger partial charge in [-0.1, -0.05) is 6.07 Å². The molecule has 3 rings (SSSR count). The molecule has 0 radical (unpaired) electrons. The lowest BCUT2D eigenvalue weighted by Crippen LogP contribution is -2.20. The van der Waals surface area contributed by atoms with Gasteiger partial charge in [0, 0.05) is 42.0 Å². The highest BCUT2D eigenvalue weighted by atomic mass is 32.1. The molecule has 0 aliphatic rings. The quantitative estimate of drug-likeness (QED) is 0.782. The van der Waals surface area contributed by atoms with Gasteiger partial charge in [-0.15, -0.1) is 11.3 Å². The molecule has 0 aliphatic carbocycles. The highest BCUT2D eigenvalue weighted by molar-refractivity contribution is 7.15. The predicted molar refractivity (Wildman–Crippen MR) is 79.4 cm³/mol. The Kier molecular flexibility index (Phi) is 3.66. The van der Waals surface area contributed by atoms with Crippen molar-refractivity contribution < 1.29 is 4.74 Å². The third-order valence-electron chi connectivity index (χ3n) is 3.27. The van der Waals surface area contributed by atoms with Crippen LogP contribution in [0.15, 0.2) is 36.1 Å². The number of hydrogen-bond acceptors (Lipinski definition) is 5. The first kappa shape index (κ1) is 13.1. The van der Waals surface area contributed by atoms with E-state index in [9.17, 15) is 0 Å². The Bertz CT molecular complexity index is 677. The first-order chi connectivity index (χ1) is 9.81. The fourth-order valence-electron chi connectivity index (χ4n) is 2.29. The third-order valence-corrected chi connectivity index (χ3v) is 4.04. The van der Waals surface area contributed by atoms with Gasteiger partial charge < -0.3 is 10.1 Å². The van der Waals surface area contributed by atoms with Gasteiger partial charge in [0.1, 0.15) is 0 Å². The maximum absolute atomic E-state index is 5.34. The van der Waals surface area contributed by atoms with Crippen molar-refractivity contribution in [1.82, 2.24) is 19.7 Å². The summed E-state index contributed by atoms with van der Waals surface area (Å²) in [6.07, 6.45) is 6.63. The number of thiazole rings is 1. The molecule has 0 bridgehead atoms. The van der Waals surface area contributed by atoms with Crippen LogP contribution in [0.5, 0.6) is 5.88 Å². The Morgan fingerprint density at radius 1 is 1.50 bits per heavy atom. The zero-order chi connectivity index (χ0) is 13.9. The van der Waals surface area contributed by atoms with Crippen molar-refractivity contribution in [3.8, 4) is 5.88 Å². The summed E-state index contributed by atoms with van der Waals surface area (Å²) in [6, 6.07) is 4.09. The minimum absolute atomic E-state index is 0.128. The summed E-state index contributed by atoms with van der Waals surface area (Å²) >= 11 is 1.64. The average molecular weight is 288 g/mol. The summed E-state index contributed by atoms with van der Waals surface area (Å²) in [5.41, 5.74) is 2.11. The van der Waals surface area contributed by atoms with E-state index in [0.29, 0.717) is 5.88 Å². The molecule has 0 aromatic carbocycles. The molecule has 1 N–H and O–H groups in total. The molecule has 5 nitrogen and oxygen atoms in total. The van der Waals surface area contributed by atoms with E-state index < -0.39 is 0 Å². The lowest BCUT2D eigenvalue weighted by Gasteiger charge is -2.17. The van der Waals surface area contributed by atoms with E-state index in [0.717, 1.165) is 22.6 Å². The number of rotatable bonds is 5. The molecule has 0 fully saturated rings. The zero-order valence-electron chi connectivity index (χ0n) is 11.4. The van der Waals surface area contributed by atoms with Crippen molar-refractivity contribution in [2.24, 2.45) is 0 Å². The van der Waals surface area contributed by atoms with Crippen molar-refractivity contribution >= 4 is 16.3 Å². The Labute approximate surface area is 121 Å². The SMILES string of the molecule is CNC(Cc1cn2ccsc2n1)c1cccnc1OC. The standard InChI is InChI=1S/C14H16N4OS/c1-15-12(11-4-3-5-16-13(11)19-2)8-10-9-18-6-7-20-14(18)17-10/h3-7,9,12,15H,8H2,1-2H3. The fraction of sp³-hybridized carbons (Fsp3) is 0.286. The van der Waals surface area contributed by atoms with Gasteiger partial charge in [0.2, 0.25) is 5.88 Å². The second-order valence-electron chi connectivity index (χ2n) is 4.47. The van der Waals surface area contributed by atoms with E-state index >= 15 is 0 Å². The molecule has 3 aromatic rings. The van der Waals surface area contributed by atoms with E-state index in [2.05, 4.69) is 21.5 Å². The molecule has 3 aromatic heterocycles. The monoisotopic (exact) mass is 288 g/mol. The Hall–Kier alpha value is -1.92. The highest BCUT2D eigenvalue weighted by Crippen LogP contribution is 2.25. The minimum Gasteiger partial charge on any atom is -0.481 e. The minimum atomic E-state index is 0.128. The molecule has 0 saturated carbocycles. The van der Waals surface area contributed by atoms with Crippen molar-refractivity contribution in [1.29, 1.82) is 0 Å². The lowest BCUT2D eigenvalue weighted by atomic mass is 10.0. The molecule has 0 saturated heterocycles. The van der Waals surface area contributed by atoms with Gasteiger partial charge >= 0.3 is 0 Å². The van der Waals surface area contributed by atoms with Gasteiger partial charge in [-0.25, -0.2) is 9.97 Å². The second-order valence-corrected chi connectivity index (χ2v) is 5.35. The van der Waals surface area contributed by atoms with Crippen LogP contribution in [0.25, 0.3) is 4.96 Å². The van der Waals surface area contributed by atoms with Crippen molar-refractivity contribution in [2.45, 2.75) is 12.5 Å². The van der Waals surface area contributed by atoms with Crippen LogP contribution in [0.3, 0.4) is 0 Å². The summed E-state index contributed by atoms with van der Waals surface area (Å²) in [6.45, 7) is 0. The Morgan fingerprint density at radius 3 is 3.15 bits per heavy atom. The molecular formula is C14H16N4OS. The van der Waals surface area contributed by atoms with E-state index in [4.69, 9.17) is 4.74 Å².